The van der Waals surface area contributed by atoms with Gasteiger partial charge in [0.05, 0.1) is 19.1 Å². The monoisotopic (exact) mass is 433 g/mol. The van der Waals surface area contributed by atoms with Gasteiger partial charge in [0, 0.05) is 38.1 Å². The number of fused-ring (bicyclic) bond motifs is 1. The van der Waals surface area contributed by atoms with Crippen LogP contribution in [0.3, 0.4) is 0 Å². The van der Waals surface area contributed by atoms with Crippen LogP contribution in [0, 0.1) is 0 Å². The molecular weight excluding hydrogens is 402 g/mol. The number of amides is 1. The molecule has 0 atom stereocenters. The number of ether oxygens (including phenoxy) is 2. The fourth-order valence-electron chi connectivity index (χ4n) is 4.38. The Morgan fingerprint density at radius 3 is 2.41 bits per heavy atom. The molecule has 0 radical (unpaired) electrons. The van der Waals surface area contributed by atoms with Crippen LogP contribution in [-0.4, -0.2) is 42.4 Å². The van der Waals surface area contributed by atoms with Crippen molar-refractivity contribution in [1.82, 2.24) is 4.90 Å². The van der Waals surface area contributed by atoms with Crippen molar-refractivity contribution in [2.24, 2.45) is 0 Å². The van der Waals surface area contributed by atoms with Gasteiger partial charge in [-0.25, -0.2) is 0 Å². The summed E-state index contributed by atoms with van der Waals surface area (Å²) < 4.78 is 11.6. The number of nitrogens with zero attached hydrogens (tertiary/aromatic N) is 1. The summed E-state index contributed by atoms with van der Waals surface area (Å²) in [6.07, 6.45) is 5.12. The molecule has 1 fully saturated rings. The van der Waals surface area contributed by atoms with Crippen LogP contribution >= 0.6 is 0 Å². The molecule has 5 nitrogen and oxygen atoms in total. The molecule has 168 valence electrons. The SMILES string of the molecule is COc1ccc2c(c1)OC1(CCN(C(=O)/C=C/c3ccc(C(C)(C)C)cc3)CC1)CC2=O. The molecule has 32 heavy (non-hydrogen) atoms. The average Bonchev–Trinajstić information content (AvgIpc) is 2.77. The smallest absolute Gasteiger partial charge is 0.246 e. The third kappa shape index (κ3) is 4.57. The van der Waals surface area contributed by atoms with E-state index in [1.165, 1.54) is 5.56 Å². The van der Waals surface area contributed by atoms with Crippen LogP contribution in [0.5, 0.6) is 11.5 Å². The number of likely N-dealkylation sites (tertiary alicyclic amines) is 1. The molecule has 0 N–H and O–H groups in total. The van der Waals surface area contributed by atoms with Crippen LogP contribution in [0.25, 0.3) is 6.08 Å². The van der Waals surface area contributed by atoms with Crippen molar-refractivity contribution in [3.8, 4) is 11.5 Å². The number of hydrogen-bond acceptors (Lipinski definition) is 4. The van der Waals surface area contributed by atoms with Gasteiger partial charge < -0.3 is 14.4 Å². The lowest BCUT2D eigenvalue weighted by atomic mass is 9.82. The highest BCUT2D eigenvalue weighted by molar-refractivity contribution is 6.00. The zero-order valence-electron chi connectivity index (χ0n) is 19.3. The molecule has 0 unspecified atom stereocenters. The van der Waals surface area contributed by atoms with Crippen LogP contribution in [0.15, 0.2) is 48.5 Å². The minimum Gasteiger partial charge on any atom is -0.497 e. The molecule has 0 bridgehead atoms. The third-order valence-corrected chi connectivity index (χ3v) is 6.48. The minimum absolute atomic E-state index is 0.0102. The summed E-state index contributed by atoms with van der Waals surface area (Å²) in [5.74, 6) is 1.33. The molecule has 1 spiro atoms. The highest BCUT2D eigenvalue weighted by Crippen LogP contribution is 2.40. The Morgan fingerprint density at radius 1 is 1.09 bits per heavy atom. The number of benzene rings is 2. The number of carbonyl (C=O) groups is 2. The van der Waals surface area contributed by atoms with Crippen molar-refractivity contribution in [2.75, 3.05) is 20.2 Å². The Labute approximate surface area is 190 Å². The highest BCUT2D eigenvalue weighted by atomic mass is 16.5. The second-order valence-corrected chi connectivity index (χ2v) is 9.78. The quantitative estimate of drug-likeness (QED) is 0.637. The Balaban J connectivity index is 1.38. The molecule has 0 saturated carbocycles. The number of carbonyl (C=O) groups excluding carboxylic acids is 2. The van der Waals surface area contributed by atoms with Gasteiger partial charge in [-0.2, -0.15) is 0 Å². The fraction of sp³-hybridized carbons (Fsp3) is 0.407. The lowest BCUT2D eigenvalue weighted by molar-refractivity contribution is -0.129. The molecule has 2 aromatic carbocycles. The molecule has 1 amide bonds. The first-order chi connectivity index (χ1) is 15.2. The lowest BCUT2D eigenvalue weighted by Crippen LogP contribution is -2.52. The van der Waals surface area contributed by atoms with Gasteiger partial charge in [-0.3, -0.25) is 9.59 Å². The van der Waals surface area contributed by atoms with E-state index < -0.39 is 5.60 Å². The van der Waals surface area contributed by atoms with Crippen molar-refractivity contribution in [2.45, 2.75) is 51.0 Å². The predicted molar refractivity (Wildman–Crippen MR) is 125 cm³/mol. The maximum atomic E-state index is 12.7. The van der Waals surface area contributed by atoms with Gasteiger partial charge in [0.1, 0.15) is 17.1 Å². The maximum Gasteiger partial charge on any atom is 0.246 e. The Morgan fingerprint density at radius 2 is 1.78 bits per heavy atom. The Bertz CT molecular complexity index is 1040. The number of rotatable bonds is 3. The second-order valence-electron chi connectivity index (χ2n) is 9.78. The summed E-state index contributed by atoms with van der Waals surface area (Å²) in [6.45, 7) is 7.69. The molecule has 2 aromatic rings. The average molecular weight is 434 g/mol. The van der Waals surface area contributed by atoms with Gasteiger partial charge in [0.25, 0.3) is 0 Å². The number of methoxy groups -OCH3 is 1. The van der Waals surface area contributed by atoms with E-state index in [2.05, 4.69) is 32.9 Å². The molecule has 2 aliphatic rings. The summed E-state index contributed by atoms with van der Waals surface area (Å²) in [4.78, 5) is 27.3. The van der Waals surface area contributed by atoms with E-state index in [-0.39, 0.29) is 17.1 Å². The summed E-state index contributed by atoms with van der Waals surface area (Å²) in [5.41, 5.74) is 2.45. The topological polar surface area (TPSA) is 55.8 Å². The second kappa shape index (κ2) is 8.45. The van der Waals surface area contributed by atoms with Crippen molar-refractivity contribution < 1.29 is 19.1 Å². The van der Waals surface area contributed by atoms with Gasteiger partial charge in [0.15, 0.2) is 5.78 Å². The molecule has 2 heterocycles. The van der Waals surface area contributed by atoms with Crippen molar-refractivity contribution in [3.63, 3.8) is 0 Å². The number of Topliss-reactive ketones (excluding diaryl/α,β-unsaturated/α-hetero) is 1. The Kier molecular flexibility index (Phi) is 5.85. The molecular formula is C27H31NO4. The molecule has 4 rings (SSSR count). The molecule has 1 saturated heterocycles. The van der Waals surface area contributed by atoms with E-state index in [1.807, 2.05) is 23.1 Å². The molecule has 5 heteroatoms. The molecule has 2 aliphatic heterocycles. The van der Waals surface area contributed by atoms with E-state index in [9.17, 15) is 9.59 Å². The summed E-state index contributed by atoms with van der Waals surface area (Å²) >= 11 is 0. The highest BCUT2D eigenvalue weighted by Gasteiger charge is 2.43. The first kappa shape index (κ1) is 22.1. The summed E-state index contributed by atoms with van der Waals surface area (Å²) in [6, 6.07) is 13.6. The van der Waals surface area contributed by atoms with E-state index in [0.717, 1.165) is 5.56 Å². The summed E-state index contributed by atoms with van der Waals surface area (Å²) in [7, 11) is 1.60. The number of hydrogen-bond donors (Lipinski definition) is 0. The van der Waals surface area contributed by atoms with Crippen LogP contribution in [0.4, 0.5) is 0 Å². The predicted octanol–water partition coefficient (Wildman–Crippen LogP) is 5.03. The van der Waals surface area contributed by atoms with Gasteiger partial charge in [0.2, 0.25) is 5.91 Å². The van der Waals surface area contributed by atoms with E-state index in [1.54, 1.807) is 31.4 Å². The maximum absolute atomic E-state index is 12.7. The van der Waals surface area contributed by atoms with Crippen molar-refractivity contribution in [1.29, 1.82) is 0 Å². The van der Waals surface area contributed by atoms with Gasteiger partial charge >= 0.3 is 0 Å². The molecule has 0 aromatic heterocycles. The normalized spacial score (nSPS) is 17.9. The number of piperidine rings is 1. The first-order valence-corrected chi connectivity index (χ1v) is 11.2. The van der Waals surface area contributed by atoms with Crippen LogP contribution in [0.1, 0.15) is 61.5 Å². The first-order valence-electron chi connectivity index (χ1n) is 11.2. The third-order valence-electron chi connectivity index (χ3n) is 6.48. The van der Waals surface area contributed by atoms with Crippen molar-refractivity contribution >= 4 is 17.8 Å². The summed E-state index contributed by atoms with van der Waals surface area (Å²) in [5, 5.41) is 0. The van der Waals surface area contributed by atoms with E-state index >= 15 is 0 Å². The van der Waals surface area contributed by atoms with Crippen LogP contribution < -0.4 is 9.47 Å². The lowest BCUT2D eigenvalue weighted by Gasteiger charge is -2.43. The minimum atomic E-state index is -0.542. The zero-order valence-corrected chi connectivity index (χ0v) is 19.3. The van der Waals surface area contributed by atoms with Gasteiger partial charge in [-0.1, -0.05) is 45.0 Å². The van der Waals surface area contributed by atoms with E-state index in [4.69, 9.17) is 9.47 Å². The number of ketones is 1. The van der Waals surface area contributed by atoms with Crippen LogP contribution in [-0.2, 0) is 10.2 Å². The fourth-order valence-corrected chi connectivity index (χ4v) is 4.38. The van der Waals surface area contributed by atoms with Crippen LogP contribution in [0.2, 0.25) is 0 Å². The zero-order chi connectivity index (χ0) is 22.9. The largest absolute Gasteiger partial charge is 0.497 e. The standard InChI is InChI=1S/C27H31NO4/c1-26(2,3)20-8-5-19(6-9-20)7-12-25(30)28-15-13-27(14-16-28)18-23(29)22-11-10-21(31-4)17-24(22)32-27/h5-12,17H,13-16,18H2,1-4H3/b12-7+. The van der Waals surface area contributed by atoms with Crippen molar-refractivity contribution in [3.05, 3.63) is 65.2 Å². The van der Waals surface area contributed by atoms with E-state index in [0.29, 0.717) is 49.4 Å². The molecule has 0 aliphatic carbocycles. The van der Waals surface area contributed by atoms with Gasteiger partial charge in [-0.05, 0) is 34.8 Å². The Hall–Kier alpha value is -3.08. The van der Waals surface area contributed by atoms with Gasteiger partial charge in [-0.15, -0.1) is 0 Å².